The van der Waals surface area contributed by atoms with Crippen molar-refractivity contribution in [3.63, 3.8) is 0 Å². The molecule has 6 nitrogen and oxygen atoms in total. The van der Waals surface area contributed by atoms with Crippen LogP contribution in [0.15, 0.2) is 33.8 Å². The first kappa shape index (κ1) is 16.0. The lowest BCUT2D eigenvalue weighted by atomic mass is 9.93. The molecule has 0 saturated carbocycles. The number of fused-ring (bicyclic) bond motifs is 1. The largest absolute Gasteiger partial charge is 0.455 e. The molecule has 2 amide bonds. The summed E-state index contributed by atoms with van der Waals surface area (Å²) in [6.07, 6.45) is 2.28. The predicted molar refractivity (Wildman–Crippen MR) is 90.1 cm³/mol. The number of hydrogen-bond acceptors (Lipinski definition) is 4. The fourth-order valence-corrected chi connectivity index (χ4v) is 3.02. The van der Waals surface area contributed by atoms with Crippen LogP contribution >= 0.6 is 0 Å². The number of carbonyl (C=O) groups excluding carboxylic acids is 2. The Morgan fingerprint density at radius 3 is 2.67 bits per heavy atom. The number of hydrogen-bond donors (Lipinski definition) is 2. The highest BCUT2D eigenvalue weighted by Gasteiger charge is 2.27. The summed E-state index contributed by atoms with van der Waals surface area (Å²) >= 11 is 0. The highest BCUT2D eigenvalue weighted by molar-refractivity contribution is 6.07. The molecular formula is C18H19N3O3. The van der Waals surface area contributed by atoms with E-state index in [1.165, 1.54) is 0 Å². The lowest BCUT2D eigenvalue weighted by molar-refractivity contribution is 0.0951. The zero-order chi connectivity index (χ0) is 17.3. The fraction of sp³-hybridized carbons (Fsp3) is 0.278. The maximum Gasteiger partial charge on any atom is 0.284 e. The van der Waals surface area contributed by atoms with Gasteiger partial charge in [-0.25, -0.2) is 5.43 Å². The van der Waals surface area contributed by atoms with Crippen molar-refractivity contribution in [2.45, 2.75) is 33.1 Å². The molecule has 3 N–H and O–H groups in total. The second-order valence-corrected chi connectivity index (χ2v) is 5.89. The summed E-state index contributed by atoms with van der Waals surface area (Å²) in [4.78, 5) is 23.8. The molecule has 24 heavy (non-hydrogen) atoms. The van der Waals surface area contributed by atoms with E-state index in [1.807, 2.05) is 25.1 Å². The zero-order valence-corrected chi connectivity index (χ0v) is 13.7. The Bertz CT molecular complexity index is 849. The van der Waals surface area contributed by atoms with Crippen molar-refractivity contribution in [2.75, 3.05) is 0 Å². The van der Waals surface area contributed by atoms with E-state index in [1.54, 1.807) is 13.0 Å². The maximum atomic E-state index is 12.3. The van der Waals surface area contributed by atoms with Crippen molar-refractivity contribution in [2.24, 2.45) is 10.8 Å². The number of amides is 2. The monoisotopic (exact) mass is 325 g/mol. The average molecular weight is 325 g/mol. The maximum absolute atomic E-state index is 12.3. The molecule has 2 aromatic rings. The van der Waals surface area contributed by atoms with Gasteiger partial charge in [-0.1, -0.05) is 18.2 Å². The van der Waals surface area contributed by atoms with Gasteiger partial charge in [0.05, 0.1) is 5.71 Å². The summed E-state index contributed by atoms with van der Waals surface area (Å²) in [6.45, 7) is 3.66. The average Bonchev–Trinajstić information content (AvgIpc) is 2.91. The molecule has 0 atom stereocenters. The van der Waals surface area contributed by atoms with Crippen LogP contribution in [0.2, 0.25) is 0 Å². The van der Waals surface area contributed by atoms with Crippen molar-refractivity contribution in [3.8, 4) is 0 Å². The lowest BCUT2D eigenvalue weighted by Crippen LogP contribution is -2.22. The molecule has 0 radical (unpaired) electrons. The summed E-state index contributed by atoms with van der Waals surface area (Å²) in [5.74, 6) is 0.0189. The zero-order valence-electron chi connectivity index (χ0n) is 13.7. The first-order valence-electron chi connectivity index (χ1n) is 7.84. The van der Waals surface area contributed by atoms with Gasteiger partial charge in [-0.05, 0) is 38.3 Å². The van der Waals surface area contributed by atoms with Gasteiger partial charge in [0.15, 0.2) is 5.76 Å². The minimum atomic E-state index is -0.592. The Morgan fingerprint density at radius 1 is 1.21 bits per heavy atom. The smallest absolute Gasteiger partial charge is 0.284 e. The molecule has 6 heteroatoms. The Hall–Kier alpha value is -2.89. The predicted octanol–water partition coefficient (Wildman–Crippen LogP) is 2.47. The molecule has 3 rings (SSSR count). The van der Waals surface area contributed by atoms with Crippen LogP contribution < -0.4 is 11.2 Å². The fourth-order valence-electron chi connectivity index (χ4n) is 3.02. The molecule has 1 aromatic heterocycles. The van der Waals surface area contributed by atoms with E-state index in [0.29, 0.717) is 29.0 Å². The summed E-state index contributed by atoms with van der Waals surface area (Å²) in [7, 11) is 0. The van der Waals surface area contributed by atoms with E-state index >= 15 is 0 Å². The van der Waals surface area contributed by atoms with E-state index in [-0.39, 0.29) is 11.7 Å². The van der Waals surface area contributed by atoms with E-state index in [2.05, 4.69) is 10.5 Å². The molecule has 1 heterocycles. The Kier molecular flexibility index (Phi) is 4.20. The van der Waals surface area contributed by atoms with Gasteiger partial charge in [0.25, 0.3) is 11.8 Å². The van der Waals surface area contributed by atoms with Gasteiger partial charge in [-0.15, -0.1) is 0 Å². The number of primary amides is 1. The van der Waals surface area contributed by atoms with Crippen LogP contribution in [0, 0.1) is 13.8 Å². The molecule has 0 spiro atoms. The molecule has 124 valence electrons. The number of furan rings is 1. The normalized spacial score (nSPS) is 15.2. The van der Waals surface area contributed by atoms with Gasteiger partial charge in [-0.2, -0.15) is 5.10 Å². The standard InChI is InChI=1S/C18H19N3O3/c1-10-6-3-4-7-12(10)18(23)21-20-13-8-5-9-14-15(13)11(2)16(24-14)17(19)22/h3-4,6-7H,5,8-9H2,1-2H3,(H2,19,22)(H,21,23)/b20-13+. The topological polar surface area (TPSA) is 97.7 Å². The number of nitrogens with two attached hydrogens (primary N) is 1. The summed E-state index contributed by atoms with van der Waals surface area (Å²) < 4.78 is 5.57. The summed E-state index contributed by atoms with van der Waals surface area (Å²) in [5, 5.41) is 4.28. The molecule has 0 bridgehead atoms. The first-order chi connectivity index (χ1) is 11.5. The van der Waals surface area contributed by atoms with E-state index in [9.17, 15) is 9.59 Å². The molecule has 1 aromatic carbocycles. The van der Waals surface area contributed by atoms with Gasteiger partial charge in [0.1, 0.15) is 5.76 Å². The SMILES string of the molecule is Cc1ccccc1C(=O)N/N=C1\CCCc2oc(C(N)=O)c(C)c21. The number of nitrogens with one attached hydrogen (secondary N) is 1. The van der Waals surface area contributed by atoms with Crippen LogP contribution in [-0.4, -0.2) is 17.5 Å². The van der Waals surface area contributed by atoms with Crippen LogP contribution in [-0.2, 0) is 6.42 Å². The molecule has 0 saturated heterocycles. The lowest BCUT2D eigenvalue weighted by Gasteiger charge is -2.13. The number of aryl methyl sites for hydroxylation is 2. The van der Waals surface area contributed by atoms with Crippen molar-refractivity contribution in [1.82, 2.24) is 5.43 Å². The summed E-state index contributed by atoms with van der Waals surface area (Å²) in [6, 6.07) is 7.32. The minimum Gasteiger partial charge on any atom is -0.455 e. The van der Waals surface area contributed by atoms with Crippen molar-refractivity contribution < 1.29 is 14.0 Å². The molecular weight excluding hydrogens is 306 g/mol. The minimum absolute atomic E-state index is 0.167. The van der Waals surface area contributed by atoms with Crippen LogP contribution in [0.25, 0.3) is 0 Å². The van der Waals surface area contributed by atoms with Crippen LogP contribution in [0.1, 0.15) is 56.2 Å². The van der Waals surface area contributed by atoms with Gasteiger partial charge in [0.2, 0.25) is 0 Å². The van der Waals surface area contributed by atoms with E-state index < -0.39 is 5.91 Å². The molecule has 0 fully saturated rings. The molecule has 0 unspecified atom stereocenters. The number of benzene rings is 1. The van der Waals surface area contributed by atoms with Gasteiger partial charge in [0, 0.05) is 23.1 Å². The summed E-state index contributed by atoms with van der Waals surface area (Å²) in [5.41, 5.74) is 11.6. The van der Waals surface area contributed by atoms with Gasteiger partial charge in [-0.3, -0.25) is 9.59 Å². The highest BCUT2D eigenvalue weighted by Crippen LogP contribution is 2.29. The Labute approximate surface area is 139 Å². The quantitative estimate of drug-likeness (QED) is 0.848. The van der Waals surface area contributed by atoms with Crippen LogP contribution in [0.3, 0.4) is 0 Å². The second-order valence-electron chi connectivity index (χ2n) is 5.89. The number of nitrogens with zero attached hydrogens (tertiary/aromatic N) is 1. The van der Waals surface area contributed by atoms with Crippen LogP contribution in [0.5, 0.6) is 0 Å². The number of rotatable bonds is 3. The van der Waals surface area contributed by atoms with Crippen molar-refractivity contribution in [1.29, 1.82) is 0 Å². The Balaban J connectivity index is 1.89. The molecule has 1 aliphatic rings. The van der Waals surface area contributed by atoms with E-state index in [0.717, 1.165) is 24.0 Å². The molecule has 1 aliphatic carbocycles. The Morgan fingerprint density at radius 2 is 1.96 bits per heavy atom. The number of carbonyl (C=O) groups is 2. The number of hydrazone groups is 1. The van der Waals surface area contributed by atoms with Gasteiger partial charge >= 0.3 is 0 Å². The van der Waals surface area contributed by atoms with Crippen molar-refractivity contribution >= 4 is 17.5 Å². The van der Waals surface area contributed by atoms with E-state index in [4.69, 9.17) is 10.2 Å². The molecule has 0 aliphatic heterocycles. The highest BCUT2D eigenvalue weighted by atomic mass is 16.4. The third-order valence-corrected chi connectivity index (χ3v) is 4.23. The first-order valence-corrected chi connectivity index (χ1v) is 7.84. The van der Waals surface area contributed by atoms with Crippen LogP contribution in [0.4, 0.5) is 0 Å². The third kappa shape index (κ3) is 2.82. The van der Waals surface area contributed by atoms with Gasteiger partial charge < -0.3 is 10.2 Å². The van der Waals surface area contributed by atoms with Crippen molar-refractivity contribution in [3.05, 3.63) is 58.0 Å². The third-order valence-electron chi connectivity index (χ3n) is 4.23. The second kappa shape index (κ2) is 6.31.